The number of anilines is 2. The monoisotopic (exact) mass is 273 g/mol. The van der Waals surface area contributed by atoms with Crippen LogP contribution in [0.3, 0.4) is 0 Å². The van der Waals surface area contributed by atoms with Crippen LogP contribution in [0.2, 0.25) is 0 Å². The van der Waals surface area contributed by atoms with Crippen molar-refractivity contribution in [2.45, 2.75) is 25.7 Å². The standard InChI is InChI=1S/C20H19N/c1-2-4-10-15(9-3-1)20-16-11-5-7-13-18(16)21-19-14-8-6-12-17(19)20/h3,5-9,11-14,21H,1-2,4,10H2. The third-order valence-electron chi connectivity index (χ3n) is 4.37. The topological polar surface area (TPSA) is 12.0 Å². The highest BCUT2D eigenvalue weighted by Gasteiger charge is 2.21. The molecular formula is C20H19N. The number of para-hydroxylation sites is 2. The number of fused-ring (bicyclic) bond motifs is 2. The molecule has 0 amide bonds. The van der Waals surface area contributed by atoms with Crippen molar-refractivity contribution >= 4 is 16.9 Å². The number of hydrogen-bond acceptors (Lipinski definition) is 1. The van der Waals surface area contributed by atoms with Crippen LogP contribution in [0.5, 0.6) is 0 Å². The molecule has 4 rings (SSSR count). The number of rotatable bonds is 0. The highest BCUT2D eigenvalue weighted by molar-refractivity contribution is 5.98. The summed E-state index contributed by atoms with van der Waals surface area (Å²) in [6.45, 7) is 0. The number of nitrogens with one attached hydrogen (secondary N) is 1. The second-order valence-corrected chi connectivity index (χ2v) is 5.76. The molecule has 0 saturated heterocycles. The zero-order valence-corrected chi connectivity index (χ0v) is 12.1. The van der Waals surface area contributed by atoms with Gasteiger partial charge in [-0.25, -0.2) is 0 Å². The molecule has 0 unspecified atom stereocenters. The minimum atomic E-state index is 1.18. The average Bonchev–Trinajstić information content (AvgIpc) is 2.81. The van der Waals surface area contributed by atoms with Crippen molar-refractivity contribution in [2.24, 2.45) is 0 Å². The first kappa shape index (κ1) is 12.5. The van der Waals surface area contributed by atoms with Gasteiger partial charge in [-0.3, -0.25) is 0 Å². The summed E-state index contributed by atoms with van der Waals surface area (Å²) in [6.07, 6.45) is 9.65. The van der Waals surface area contributed by atoms with Crippen LogP contribution in [0.1, 0.15) is 36.8 Å². The van der Waals surface area contributed by atoms with Crippen molar-refractivity contribution < 1.29 is 0 Å². The molecule has 0 aromatic heterocycles. The predicted octanol–water partition coefficient (Wildman–Crippen LogP) is 5.68. The fourth-order valence-electron chi connectivity index (χ4n) is 3.35. The van der Waals surface area contributed by atoms with E-state index in [9.17, 15) is 0 Å². The van der Waals surface area contributed by atoms with Crippen LogP contribution >= 0.6 is 0 Å². The maximum Gasteiger partial charge on any atom is 0.0464 e. The Kier molecular flexibility index (Phi) is 3.11. The van der Waals surface area contributed by atoms with Crippen molar-refractivity contribution in [2.75, 3.05) is 5.32 Å². The second kappa shape index (κ2) is 5.25. The summed E-state index contributed by atoms with van der Waals surface area (Å²) in [5.41, 5.74) is 8.00. The summed E-state index contributed by atoms with van der Waals surface area (Å²) in [5, 5.41) is 3.57. The third-order valence-corrected chi connectivity index (χ3v) is 4.37. The molecule has 1 heteroatoms. The molecule has 0 atom stereocenters. The highest BCUT2D eigenvalue weighted by atomic mass is 14.9. The molecule has 1 N–H and O–H groups in total. The van der Waals surface area contributed by atoms with Gasteiger partial charge in [0.2, 0.25) is 0 Å². The lowest BCUT2D eigenvalue weighted by Crippen LogP contribution is -2.07. The molecule has 0 spiro atoms. The van der Waals surface area contributed by atoms with Gasteiger partial charge >= 0.3 is 0 Å². The number of benzene rings is 2. The van der Waals surface area contributed by atoms with Crippen LogP contribution in [-0.2, 0) is 0 Å². The fraction of sp³-hybridized carbons (Fsp3) is 0.200. The van der Waals surface area contributed by atoms with E-state index in [0.29, 0.717) is 0 Å². The normalized spacial score (nSPS) is 16.8. The molecular weight excluding hydrogens is 254 g/mol. The van der Waals surface area contributed by atoms with Crippen molar-refractivity contribution in [3.8, 4) is 0 Å². The Morgan fingerprint density at radius 2 is 1.43 bits per heavy atom. The largest absolute Gasteiger partial charge is 0.355 e. The molecule has 2 aromatic rings. The first-order valence-corrected chi connectivity index (χ1v) is 7.79. The van der Waals surface area contributed by atoms with Gasteiger partial charge in [0.05, 0.1) is 0 Å². The SMILES string of the molecule is C1=CC(=C2c3ccccc3Nc3ccccc32)CCCC1. The summed E-state index contributed by atoms with van der Waals surface area (Å²) in [4.78, 5) is 0. The van der Waals surface area contributed by atoms with Gasteiger partial charge in [-0.15, -0.1) is 0 Å². The average molecular weight is 273 g/mol. The van der Waals surface area contributed by atoms with E-state index in [1.165, 1.54) is 59.3 Å². The molecule has 1 heterocycles. The fourth-order valence-corrected chi connectivity index (χ4v) is 3.35. The number of hydrogen-bond donors (Lipinski definition) is 1. The van der Waals surface area contributed by atoms with Crippen LogP contribution < -0.4 is 5.32 Å². The van der Waals surface area contributed by atoms with Gasteiger partial charge in [0.15, 0.2) is 0 Å². The Labute approximate surface area is 126 Å². The van der Waals surface area contributed by atoms with Crippen molar-refractivity contribution in [3.05, 3.63) is 77.4 Å². The van der Waals surface area contributed by atoms with Gasteiger partial charge in [-0.1, -0.05) is 48.6 Å². The van der Waals surface area contributed by atoms with E-state index < -0.39 is 0 Å². The van der Waals surface area contributed by atoms with Crippen LogP contribution in [0, 0.1) is 0 Å². The molecule has 0 fully saturated rings. The molecule has 104 valence electrons. The van der Waals surface area contributed by atoms with Gasteiger partial charge in [0.1, 0.15) is 0 Å². The maximum absolute atomic E-state index is 3.57. The smallest absolute Gasteiger partial charge is 0.0464 e. The lowest BCUT2D eigenvalue weighted by atomic mass is 9.86. The molecule has 21 heavy (non-hydrogen) atoms. The predicted molar refractivity (Wildman–Crippen MR) is 89.8 cm³/mol. The summed E-state index contributed by atoms with van der Waals surface area (Å²) >= 11 is 0. The van der Waals surface area contributed by atoms with E-state index in [-0.39, 0.29) is 0 Å². The Balaban J connectivity index is 1.99. The van der Waals surface area contributed by atoms with E-state index >= 15 is 0 Å². The Bertz CT molecular complexity index is 690. The van der Waals surface area contributed by atoms with Crippen LogP contribution in [0.25, 0.3) is 5.57 Å². The zero-order valence-electron chi connectivity index (χ0n) is 12.1. The van der Waals surface area contributed by atoms with Crippen molar-refractivity contribution in [3.63, 3.8) is 0 Å². The molecule has 1 aliphatic heterocycles. The van der Waals surface area contributed by atoms with Crippen LogP contribution in [0.15, 0.2) is 66.3 Å². The first-order chi connectivity index (χ1) is 10.4. The van der Waals surface area contributed by atoms with Gasteiger partial charge in [0, 0.05) is 22.5 Å². The molecule has 0 bridgehead atoms. The molecule has 1 aliphatic carbocycles. The lowest BCUT2D eigenvalue weighted by Gasteiger charge is -2.26. The Morgan fingerprint density at radius 3 is 2.14 bits per heavy atom. The van der Waals surface area contributed by atoms with E-state index in [1.54, 1.807) is 0 Å². The second-order valence-electron chi connectivity index (χ2n) is 5.76. The van der Waals surface area contributed by atoms with Crippen molar-refractivity contribution in [1.29, 1.82) is 0 Å². The molecule has 2 aliphatic rings. The lowest BCUT2D eigenvalue weighted by molar-refractivity contribution is 0.766. The van der Waals surface area contributed by atoms with Crippen LogP contribution in [0.4, 0.5) is 11.4 Å². The van der Waals surface area contributed by atoms with Crippen molar-refractivity contribution in [1.82, 2.24) is 0 Å². The van der Waals surface area contributed by atoms with Crippen LogP contribution in [-0.4, -0.2) is 0 Å². The highest BCUT2D eigenvalue weighted by Crippen LogP contribution is 2.43. The minimum Gasteiger partial charge on any atom is -0.355 e. The summed E-state index contributed by atoms with van der Waals surface area (Å²) in [5.74, 6) is 0. The van der Waals surface area contributed by atoms with Gasteiger partial charge in [0.25, 0.3) is 0 Å². The minimum absolute atomic E-state index is 1.18. The van der Waals surface area contributed by atoms with E-state index in [1.807, 2.05) is 0 Å². The quantitative estimate of drug-likeness (QED) is 0.556. The van der Waals surface area contributed by atoms with Gasteiger partial charge in [-0.05, 0) is 49.0 Å². The van der Waals surface area contributed by atoms with Gasteiger partial charge < -0.3 is 5.32 Å². The third kappa shape index (κ3) is 2.19. The Hall–Kier alpha value is -2.28. The molecule has 2 aromatic carbocycles. The van der Waals surface area contributed by atoms with E-state index in [0.717, 1.165) is 0 Å². The Morgan fingerprint density at radius 1 is 0.762 bits per heavy atom. The number of allylic oxidation sites excluding steroid dienone is 3. The van der Waals surface area contributed by atoms with E-state index in [4.69, 9.17) is 0 Å². The molecule has 0 saturated carbocycles. The van der Waals surface area contributed by atoms with Gasteiger partial charge in [-0.2, -0.15) is 0 Å². The zero-order chi connectivity index (χ0) is 14.1. The summed E-state index contributed by atoms with van der Waals surface area (Å²) in [6, 6.07) is 17.3. The molecule has 0 radical (unpaired) electrons. The maximum atomic E-state index is 3.57. The summed E-state index contributed by atoms with van der Waals surface area (Å²) in [7, 11) is 0. The van der Waals surface area contributed by atoms with E-state index in [2.05, 4.69) is 66.0 Å². The molecule has 1 nitrogen and oxygen atoms in total. The first-order valence-electron chi connectivity index (χ1n) is 7.79. The summed E-state index contributed by atoms with van der Waals surface area (Å²) < 4.78 is 0.